The molecule has 6 nitrogen and oxygen atoms in total. The van der Waals surface area contributed by atoms with Crippen molar-refractivity contribution in [2.45, 2.75) is 39.0 Å². The maximum Gasteiger partial charge on any atom is 0.311 e. The zero-order chi connectivity index (χ0) is 17.7. The summed E-state index contributed by atoms with van der Waals surface area (Å²) < 4.78 is 0. The Hall–Kier alpha value is -2.08. The van der Waals surface area contributed by atoms with Gasteiger partial charge in [0.25, 0.3) is 5.91 Å². The van der Waals surface area contributed by atoms with Crippen LogP contribution in [0, 0.1) is 5.41 Å². The predicted molar refractivity (Wildman–Crippen MR) is 91.2 cm³/mol. The second-order valence-corrected chi connectivity index (χ2v) is 6.61. The summed E-state index contributed by atoms with van der Waals surface area (Å²) in [6.45, 7) is 1.44. The lowest BCUT2D eigenvalue weighted by atomic mass is 9.74. The van der Waals surface area contributed by atoms with Crippen molar-refractivity contribution in [3.05, 3.63) is 28.8 Å². The Morgan fingerprint density at radius 1 is 1.21 bits per heavy atom. The number of hydrogen-bond donors (Lipinski definition) is 3. The standard InChI is InChI=1S/C17H21ClN2O4/c1-11(21)20-12-5-6-14(18)13(9-12)15(22)19-10-17(16(23)24)7-3-2-4-8-17/h5-6,9H,2-4,7-8,10H2,1H3,(H,19,22)(H,20,21)(H,23,24). The summed E-state index contributed by atoms with van der Waals surface area (Å²) in [6.07, 6.45) is 3.83. The van der Waals surface area contributed by atoms with Crippen molar-refractivity contribution in [1.82, 2.24) is 5.32 Å². The minimum absolute atomic E-state index is 0.0713. The van der Waals surface area contributed by atoms with E-state index < -0.39 is 17.3 Å². The molecular weight excluding hydrogens is 332 g/mol. The van der Waals surface area contributed by atoms with Gasteiger partial charge in [0.05, 0.1) is 16.0 Å². The lowest BCUT2D eigenvalue weighted by Crippen LogP contribution is -2.44. The Morgan fingerprint density at radius 2 is 1.88 bits per heavy atom. The summed E-state index contributed by atoms with van der Waals surface area (Å²) in [4.78, 5) is 35.2. The predicted octanol–water partition coefficient (Wildman–Crippen LogP) is 3.06. The fourth-order valence-corrected chi connectivity index (χ4v) is 3.22. The molecular formula is C17H21ClN2O4. The fraction of sp³-hybridized carbons (Fsp3) is 0.471. The monoisotopic (exact) mass is 352 g/mol. The molecule has 1 saturated carbocycles. The Morgan fingerprint density at radius 3 is 2.46 bits per heavy atom. The van der Waals surface area contributed by atoms with Gasteiger partial charge in [0.15, 0.2) is 0 Å². The van der Waals surface area contributed by atoms with E-state index in [1.54, 1.807) is 6.07 Å². The normalized spacial score (nSPS) is 16.2. The minimum atomic E-state index is -0.907. The highest BCUT2D eigenvalue weighted by Crippen LogP contribution is 2.36. The second-order valence-electron chi connectivity index (χ2n) is 6.20. The van der Waals surface area contributed by atoms with Gasteiger partial charge in [0.1, 0.15) is 0 Å². The molecule has 0 unspecified atom stereocenters. The van der Waals surface area contributed by atoms with Gasteiger partial charge < -0.3 is 15.7 Å². The topological polar surface area (TPSA) is 95.5 Å². The van der Waals surface area contributed by atoms with Crippen LogP contribution in [0.5, 0.6) is 0 Å². The summed E-state index contributed by atoms with van der Waals surface area (Å²) in [6, 6.07) is 4.60. The highest BCUT2D eigenvalue weighted by molar-refractivity contribution is 6.34. The molecule has 1 aromatic rings. The molecule has 0 bridgehead atoms. The van der Waals surface area contributed by atoms with Crippen LogP contribution < -0.4 is 10.6 Å². The Balaban J connectivity index is 2.11. The van der Waals surface area contributed by atoms with Crippen LogP contribution in [-0.4, -0.2) is 29.4 Å². The fourth-order valence-electron chi connectivity index (χ4n) is 3.02. The molecule has 130 valence electrons. The number of anilines is 1. The van der Waals surface area contributed by atoms with E-state index in [1.807, 2.05) is 0 Å². The molecule has 0 heterocycles. The number of rotatable bonds is 5. The van der Waals surface area contributed by atoms with Crippen LogP contribution in [0.15, 0.2) is 18.2 Å². The van der Waals surface area contributed by atoms with E-state index >= 15 is 0 Å². The highest BCUT2D eigenvalue weighted by Gasteiger charge is 2.39. The molecule has 0 radical (unpaired) electrons. The number of amides is 2. The summed E-state index contributed by atoms with van der Waals surface area (Å²) in [7, 11) is 0. The van der Waals surface area contributed by atoms with E-state index in [0.29, 0.717) is 18.5 Å². The third-order valence-electron chi connectivity index (χ3n) is 4.38. The number of aliphatic carboxylic acids is 1. The molecule has 0 aliphatic heterocycles. The van der Waals surface area contributed by atoms with Gasteiger partial charge in [-0.3, -0.25) is 14.4 Å². The summed E-state index contributed by atoms with van der Waals surface area (Å²) in [5.41, 5.74) is -0.239. The molecule has 0 atom stereocenters. The molecule has 2 rings (SSSR count). The second kappa shape index (κ2) is 7.66. The zero-order valence-corrected chi connectivity index (χ0v) is 14.3. The quantitative estimate of drug-likeness (QED) is 0.758. The van der Waals surface area contributed by atoms with E-state index in [1.165, 1.54) is 19.1 Å². The number of hydrogen-bond acceptors (Lipinski definition) is 3. The summed E-state index contributed by atoms with van der Waals surface area (Å²) >= 11 is 6.06. The molecule has 0 aromatic heterocycles. The van der Waals surface area contributed by atoms with Crippen LogP contribution in [0.4, 0.5) is 5.69 Å². The van der Waals surface area contributed by atoms with Gasteiger partial charge in [-0.15, -0.1) is 0 Å². The van der Waals surface area contributed by atoms with E-state index in [0.717, 1.165) is 19.3 Å². The number of benzene rings is 1. The Kier molecular flexibility index (Phi) is 5.83. The Labute approximate surface area is 145 Å². The van der Waals surface area contributed by atoms with E-state index in [4.69, 9.17) is 11.6 Å². The van der Waals surface area contributed by atoms with Gasteiger partial charge in [0, 0.05) is 19.2 Å². The lowest BCUT2D eigenvalue weighted by molar-refractivity contribution is -0.150. The first-order valence-electron chi connectivity index (χ1n) is 7.93. The van der Waals surface area contributed by atoms with Gasteiger partial charge in [-0.05, 0) is 31.0 Å². The van der Waals surface area contributed by atoms with Crippen LogP contribution in [0.25, 0.3) is 0 Å². The Bertz CT molecular complexity index is 654. The summed E-state index contributed by atoms with van der Waals surface area (Å²) in [5, 5.41) is 15.1. The van der Waals surface area contributed by atoms with Crippen LogP contribution in [0.3, 0.4) is 0 Å². The maximum atomic E-state index is 12.4. The van der Waals surface area contributed by atoms with E-state index in [2.05, 4.69) is 10.6 Å². The third kappa shape index (κ3) is 4.26. The number of carbonyl (C=O) groups is 3. The molecule has 0 saturated heterocycles. The smallest absolute Gasteiger partial charge is 0.311 e. The number of carbonyl (C=O) groups excluding carboxylic acids is 2. The minimum Gasteiger partial charge on any atom is -0.481 e. The first-order chi connectivity index (χ1) is 11.3. The molecule has 24 heavy (non-hydrogen) atoms. The van der Waals surface area contributed by atoms with Gasteiger partial charge in [-0.1, -0.05) is 30.9 Å². The van der Waals surface area contributed by atoms with Crippen molar-refractivity contribution in [1.29, 1.82) is 0 Å². The first-order valence-corrected chi connectivity index (χ1v) is 8.31. The number of nitrogens with one attached hydrogen (secondary N) is 2. The molecule has 2 amide bonds. The summed E-state index contributed by atoms with van der Waals surface area (Å²) in [5.74, 6) is -1.57. The maximum absolute atomic E-state index is 12.4. The van der Waals surface area contributed by atoms with Crippen molar-refractivity contribution >= 4 is 35.1 Å². The largest absolute Gasteiger partial charge is 0.481 e. The van der Waals surface area contributed by atoms with Gasteiger partial charge >= 0.3 is 5.97 Å². The molecule has 1 aromatic carbocycles. The number of carboxylic acid groups (broad SMARTS) is 1. The van der Waals surface area contributed by atoms with E-state index in [-0.39, 0.29) is 23.0 Å². The van der Waals surface area contributed by atoms with Gasteiger partial charge in [0.2, 0.25) is 5.91 Å². The third-order valence-corrected chi connectivity index (χ3v) is 4.71. The molecule has 1 fully saturated rings. The SMILES string of the molecule is CC(=O)Nc1ccc(Cl)c(C(=O)NCC2(C(=O)O)CCCCC2)c1. The average molecular weight is 353 g/mol. The molecule has 3 N–H and O–H groups in total. The molecule has 0 spiro atoms. The van der Waals surface area contributed by atoms with Crippen LogP contribution in [0.2, 0.25) is 5.02 Å². The first kappa shape index (κ1) is 18.3. The van der Waals surface area contributed by atoms with Crippen LogP contribution in [0.1, 0.15) is 49.4 Å². The number of carboxylic acids is 1. The number of halogens is 1. The lowest BCUT2D eigenvalue weighted by Gasteiger charge is -2.33. The molecule has 7 heteroatoms. The van der Waals surface area contributed by atoms with Crippen molar-refractivity contribution in [3.63, 3.8) is 0 Å². The average Bonchev–Trinajstić information content (AvgIpc) is 2.54. The van der Waals surface area contributed by atoms with Gasteiger partial charge in [-0.25, -0.2) is 0 Å². The van der Waals surface area contributed by atoms with Crippen LogP contribution >= 0.6 is 11.6 Å². The van der Waals surface area contributed by atoms with Crippen molar-refractivity contribution < 1.29 is 19.5 Å². The van der Waals surface area contributed by atoms with Crippen molar-refractivity contribution in [2.24, 2.45) is 5.41 Å². The van der Waals surface area contributed by atoms with Crippen molar-refractivity contribution in [2.75, 3.05) is 11.9 Å². The molecule has 1 aliphatic rings. The van der Waals surface area contributed by atoms with E-state index in [9.17, 15) is 19.5 Å². The van der Waals surface area contributed by atoms with Crippen LogP contribution in [-0.2, 0) is 9.59 Å². The van der Waals surface area contributed by atoms with Gasteiger partial charge in [-0.2, -0.15) is 0 Å². The zero-order valence-electron chi connectivity index (χ0n) is 13.5. The highest BCUT2D eigenvalue weighted by atomic mass is 35.5. The van der Waals surface area contributed by atoms with Crippen molar-refractivity contribution in [3.8, 4) is 0 Å². The molecule has 1 aliphatic carbocycles.